The molecule has 0 bridgehead atoms. The Bertz CT molecular complexity index is 625. The summed E-state index contributed by atoms with van der Waals surface area (Å²) in [5.41, 5.74) is 5.53. The maximum atomic E-state index is 12.2. The standard InChI is InChI=1S/C13H19N3O4S/c1-13(9-14,11-4-5-11)15-21(19,20)8-10-2-6-12(7-3-10)16(17)18/h2-3,6-7,11,15H,4-5,8-9,14H2,1H3. The average molecular weight is 313 g/mol. The van der Waals surface area contributed by atoms with E-state index in [0.717, 1.165) is 12.8 Å². The third kappa shape index (κ3) is 3.99. The van der Waals surface area contributed by atoms with Crippen LogP contribution in [0.1, 0.15) is 25.3 Å². The van der Waals surface area contributed by atoms with E-state index < -0.39 is 20.5 Å². The first-order chi connectivity index (χ1) is 9.76. The molecule has 0 aromatic heterocycles. The molecule has 0 aliphatic heterocycles. The van der Waals surface area contributed by atoms with Crippen LogP contribution < -0.4 is 10.5 Å². The summed E-state index contributed by atoms with van der Waals surface area (Å²) in [7, 11) is -3.54. The van der Waals surface area contributed by atoms with Gasteiger partial charge in [0.05, 0.1) is 10.7 Å². The Morgan fingerprint density at radius 1 is 1.38 bits per heavy atom. The van der Waals surface area contributed by atoms with E-state index >= 15 is 0 Å². The molecule has 3 N–H and O–H groups in total. The highest BCUT2D eigenvalue weighted by atomic mass is 32.2. The number of benzene rings is 1. The molecule has 8 heteroatoms. The Kier molecular flexibility index (Phi) is 4.31. The van der Waals surface area contributed by atoms with E-state index in [-0.39, 0.29) is 23.9 Å². The summed E-state index contributed by atoms with van der Waals surface area (Å²) in [5.74, 6) is 0.0713. The number of nitrogens with zero attached hydrogens (tertiary/aromatic N) is 1. The number of nitro groups is 1. The molecule has 21 heavy (non-hydrogen) atoms. The normalized spacial score (nSPS) is 18.2. The van der Waals surface area contributed by atoms with Crippen molar-refractivity contribution in [2.24, 2.45) is 11.7 Å². The number of hydrogen-bond acceptors (Lipinski definition) is 5. The summed E-state index contributed by atoms with van der Waals surface area (Å²) < 4.78 is 27.1. The average Bonchev–Trinajstić information content (AvgIpc) is 3.22. The lowest BCUT2D eigenvalue weighted by atomic mass is 9.98. The van der Waals surface area contributed by atoms with E-state index in [1.54, 1.807) is 0 Å². The van der Waals surface area contributed by atoms with E-state index in [0.29, 0.717) is 5.56 Å². The third-order valence-corrected chi connectivity index (χ3v) is 5.29. The minimum absolute atomic E-state index is 0.0612. The van der Waals surface area contributed by atoms with Crippen LogP contribution in [0, 0.1) is 16.0 Å². The van der Waals surface area contributed by atoms with Crippen LogP contribution in [0.15, 0.2) is 24.3 Å². The molecule has 0 spiro atoms. The van der Waals surface area contributed by atoms with Gasteiger partial charge in [-0.25, -0.2) is 13.1 Å². The van der Waals surface area contributed by atoms with Gasteiger partial charge in [0.2, 0.25) is 10.0 Å². The molecule has 2 rings (SSSR count). The van der Waals surface area contributed by atoms with Gasteiger partial charge in [-0.05, 0) is 31.2 Å². The van der Waals surface area contributed by atoms with Crippen molar-refractivity contribution in [3.8, 4) is 0 Å². The molecule has 0 amide bonds. The van der Waals surface area contributed by atoms with Crippen molar-refractivity contribution in [1.82, 2.24) is 4.72 Å². The summed E-state index contributed by atoms with van der Waals surface area (Å²) in [6.07, 6.45) is 1.96. The molecule has 1 aliphatic rings. The van der Waals surface area contributed by atoms with Crippen molar-refractivity contribution < 1.29 is 13.3 Å². The molecule has 0 saturated heterocycles. The van der Waals surface area contributed by atoms with Gasteiger partial charge in [0.1, 0.15) is 0 Å². The van der Waals surface area contributed by atoms with Crippen molar-refractivity contribution in [3.05, 3.63) is 39.9 Å². The first-order valence-corrected chi connectivity index (χ1v) is 8.36. The Morgan fingerprint density at radius 3 is 2.38 bits per heavy atom. The molecule has 1 unspecified atom stereocenters. The van der Waals surface area contributed by atoms with Crippen LogP contribution >= 0.6 is 0 Å². The Balaban J connectivity index is 2.08. The van der Waals surface area contributed by atoms with Crippen molar-refractivity contribution in [1.29, 1.82) is 0 Å². The zero-order valence-corrected chi connectivity index (χ0v) is 12.6. The number of non-ortho nitro benzene ring substituents is 1. The lowest BCUT2D eigenvalue weighted by molar-refractivity contribution is -0.384. The van der Waals surface area contributed by atoms with Crippen LogP contribution in [-0.4, -0.2) is 25.4 Å². The van der Waals surface area contributed by atoms with Crippen LogP contribution in [0.5, 0.6) is 0 Å². The first kappa shape index (κ1) is 15.9. The molecule has 1 aromatic rings. The maximum absolute atomic E-state index is 12.2. The Morgan fingerprint density at radius 2 is 1.95 bits per heavy atom. The predicted octanol–water partition coefficient (Wildman–Crippen LogP) is 1.14. The van der Waals surface area contributed by atoms with Crippen molar-refractivity contribution >= 4 is 15.7 Å². The predicted molar refractivity (Wildman–Crippen MR) is 79.0 cm³/mol. The van der Waals surface area contributed by atoms with Gasteiger partial charge in [-0.2, -0.15) is 0 Å². The molecular weight excluding hydrogens is 294 g/mol. The van der Waals surface area contributed by atoms with Crippen molar-refractivity contribution in [3.63, 3.8) is 0 Å². The van der Waals surface area contributed by atoms with E-state index in [4.69, 9.17) is 5.73 Å². The summed E-state index contributed by atoms with van der Waals surface area (Å²) in [6, 6.07) is 5.50. The summed E-state index contributed by atoms with van der Waals surface area (Å²) in [6.45, 7) is 2.06. The van der Waals surface area contributed by atoms with E-state index in [2.05, 4.69) is 4.72 Å². The molecule has 1 saturated carbocycles. The van der Waals surface area contributed by atoms with E-state index in [1.807, 2.05) is 6.92 Å². The number of nitrogens with two attached hydrogens (primary N) is 1. The highest BCUT2D eigenvalue weighted by Gasteiger charge is 2.42. The van der Waals surface area contributed by atoms with Crippen molar-refractivity contribution in [2.75, 3.05) is 6.54 Å². The van der Waals surface area contributed by atoms with Gasteiger partial charge in [0.25, 0.3) is 5.69 Å². The van der Waals surface area contributed by atoms with Gasteiger partial charge < -0.3 is 5.73 Å². The van der Waals surface area contributed by atoms with E-state index in [9.17, 15) is 18.5 Å². The van der Waals surface area contributed by atoms with Crippen LogP contribution in [-0.2, 0) is 15.8 Å². The number of nitrogens with one attached hydrogen (secondary N) is 1. The first-order valence-electron chi connectivity index (χ1n) is 6.71. The second kappa shape index (κ2) is 5.70. The second-order valence-corrected chi connectivity index (χ2v) is 7.40. The fourth-order valence-electron chi connectivity index (χ4n) is 2.34. The fourth-order valence-corrected chi connectivity index (χ4v) is 4.00. The zero-order valence-electron chi connectivity index (χ0n) is 11.8. The quantitative estimate of drug-likeness (QED) is 0.578. The number of nitro benzene ring substituents is 1. The van der Waals surface area contributed by atoms with Gasteiger partial charge in [-0.1, -0.05) is 12.1 Å². The van der Waals surface area contributed by atoms with Crippen LogP contribution in [0.3, 0.4) is 0 Å². The van der Waals surface area contributed by atoms with Crippen LogP contribution in [0.25, 0.3) is 0 Å². The largest absolute Gasteiger partial charge is 0.329 e. The number of sulfonamides is 1. The van der Waals surface area contributed by atoms with Crippen LogP contribution in [0.2, 0.25) is 0 Å². The molecule has 1 atom stereocenters. The van der Waals surface area contributed by atoms with Gasteiger partial charge >= 0.3 is 0 Å². The molecule has 1 aliphatic carbocycles. The zero-order chi connectivity index (χ0) is 15.7. The highest BCUT2D eigenvalue weighted by Crippen LogP contribution is 2.39. The van der Waals surface area contributed by atoms with Gasteiger partial charge in [0.15, 0.2) is 0 Å². The number of hydrogen-bond donors (Lipinski definition) is 2. The molecule has 116 valence electrons. The summed E-state index contributed by atoms with van der Waals surface area (Å²) in [4.78, 5) is 10.0. The second-order valence-electron chi connectivity index (χ2n) is 5.68. The Hall–Kier alpha value is -1.51. The molecule has 1 aromatic carbocycles. The maximum Gasteiger partial charge on any atom is 0.269 e. The van der Waals surface area contributed by atoms with Gasteiger partial charge in [-0.15, -0.1) is 0 Å². The number of rotatable bonds is 7. The van der Waals surface area contributed by atoms with Crippen molar-refractivity contribution in [2.45, 2.75) is 31.1 Å². The van der Waals surface area contributed by atoms with Gasteiger partial charge in [-0.3, -0.25) is 10.1 Å². The highest BCUT2D eigenvalue weighted by molar-refractivity contribution is 7.88. The Labute approximate surface area is 123 Å². The monoisotopic (exact) mass is 313 g/mol. The summed E-state index contributed by atoms with van der Waals surface area (Å²) >= 11 is 0. The molecule has 0 heterocycles. The molecule has 0 radical (unpaired) electrons. The van der Waals surface area contributed by atoms with Gasteiger partial charge in [0, 0.05) is 24.2 Å². The minimum Gasteiger partial charge on any atom is -0.329 e. The lowest BCUT2D eigenvalue weighted by Crippen LogP contribution is -2.53. The minimum atomic E-state index is -3.54. The fraction of sp³-hybridized carbons (Fsp3) is 0.538. The smallest absolute Gasteiger partial charge is 0.269 e. The summed E-state index contributed by atoms with van der Waals surface area (Å²) in [5, 5.41) is 10.6. The van der Waals surface area contributed by atoms with Crippen LogP contribution in [0.4, 0.5) is 5.69 Å². The molecule has 7 nitrogen and oxygen atoms in total. The third-order valence-electron chi connectivity index (χ3n) is 3.79. The topological polar surface area (TPSA) is 115 Å². The molecule has 1 fully saturated rings. The SMILES string of the molecule is CC(CN)(NS(=O)(=O)Cc1ccc([N+](=O)[O-])cc1)C1CC1. The molecular formula is C13H19N3O4S. The lowest BCUT2D eigenvalue weighted by Gasteiger charge is -2.29. The van der Waals surface area contributed by atoms with E-state index in [1.165, 1.54) is 24.3 Å².